The van der Waals surface area contributed by atoms with Crippen molar-refractivity contribution in [2.45, 2.75) is 38.8 Å². The summed E-state index contributed by atoms with van der Waals surface area (Å²) >= 11 is 0. The van der Waals surface area contributed by atoms with E-state index in [1.165, 1.54) is 17.0 Å². The molecule has 122 valence electrons. The molecule has 4 nitrogen and oxygen atoms in total. The molecule has 0 radical (unpaired) electrons. The van der Waals surface area contributed by atoms with E-state index in [1.54, 1.807) is 26.8 Å². The molecule has 1 unspecified atom stereocenters. The second-order valence-electron chi connectivity index (χ2n) is 5.79. The largest absolute Gasteiger partial charge is 0.438 e. The summed E-state index contributed by atoms with van der Waals surface area (Å²) in [5.41, 5.74) is 0.587. The lowest BCUT2D eigenvalue weighted by Gasteiger charge is -2.19. The van der Waals surface area contributed by atoms with Crippen molar-refractivity contribution in [1.29, 1.82) is 0 Å². The van der Waals surface area contributed by atoms with Crippen molar-refractivity contribution in [3.63, 3.8) is 0 Å². The number of hydrogen-bond donors (Lipinski definition) is 1. The van der Waals surface area contributed by atoms with Gasteiger partial charge in [-0.15, -0.1) is 0 Å². The maximum Gasteiger partial charge on any atom is 0.412 e. The standard InChI is InChI=1S/C15H19F3N2O2/c1-9(2)20-7-13(15(17,18)8-20)22-14(21)19-12-5-4-10(3)6-11(12)16/h4-6,9,13H,7-8H2,1-3H3,(H,19,21). The first-order valence-corrected chi connectivity index (χ1v) is 7.04. The van der Waals surface area contributed by atoms with Gasteiger partial charge in [-0.1, -0.05) is 6.07 Å². The third-order valence-electron chi connectivity index (χ3n) is 3.63. The number of rotatable bonds is 3. The van der Waals surface area contributed by atoms with Gasteiger partial charge in [0.1, 0.15) is 5.82 Å². The van der Waals surface area contributed by atoms with Gasteiger partial charge in [-0.05, 0) is 38.5 Å². The van der Waals surface area contributed by atoms with E-state index in [0.29, 0.717) is 5.56 Å². The van der Waals surface area contributed by atoms with Gasteiger partial charge in [0.25, 0.3) is 5.92 Å². The Morgan fingerprint density at radius 2 is 2.14 bits per heavy atom. The normalized spacial score (nSPS) is 21.1. The zero-order chi connectivity index (χ0) is 16.5. The number of alkyl halides is 2. The lowest BCUT2D eigenvalue weighted by atomic mass is 10.2. The molecule has 1 aliphatic rings. The summed E-state index contributed by atoms with van der Waals surface area (Å²) in [4.78, 5) is 13.3. The smallest absolute Gasteiger partial charge is 0.412 e. The van der Waals surface area contributed by atoms with Crippen LogP contribution in [-0.4, -0.2) is 42.2 Å². The highest BCUT2D eigenvalue weighted by molar-refractivity contribution is 5.85. The van der Waals surface area contributed by atoms with Crippen molar-refractivity contribution in [2.75, 3.05) is 18.4 Å². The summed E-state index contributed by atoms with van der Waals surface area (Å²) in [7, 11) is 0. The molecule has 0 aromatic heterocycles. The lowest BCUT2D eigenvalue weighted by molar-refractivity contribution is -0.0755. The monoisotopic (exact) mass is 316 g/mol. The molecule has 1 aliphatic heterocycles. The second-order valence-corrected chi connectivity index (χ2v) is 5.79. The molecule has 1 heterocycles. The number of anilines is 1. The second kappa shape index (κ2) is 6.16. The Balaban J connectivity index is 2.00. The number of halogens is 3. The van der Waals surface area contributed by atoms with Crippen molar-refractivity contribution in [3.8, 4) is 0 Å². The Morgan fingerprint density at radius 1 is 1.45 bits per heavy atom. The summed E-state index contributed by atoms with van der Waals surface area (Å²) in [6.45, 7) is 4.78. The Bertz CT molecular complexity index is 564. The fraction of sp³-hybridized carbons (Fsp3) is 0.533. The first-order chi connectivity index (χ1) is 10.2. The van der Waals surface area contributed by atoms with E-state index >= 15 is 0 Å². The van der Waals surface area contributed by atoms with Crippen LogP contribution in [0.25, 0.3) is 0 Å². The molecule has 1 saturated heterocycles. The molecule has 1 aromatic rings. The number of benzene rings is 1. The SMILES string of the molecule is Cc1ccc(NC(=O)OC2CN(C(C)C)CC2(F)F)c(F)c1. The zero-order valence-electron chi connectivity index (χ0n) is 12.7. The molecular formula is C15H19F3N2O2. The molecule has 7 heteroatoms. The Morgan fingerprint density at radius 3 is 2.68 bits per heavy atom. The molecule has 2 rings (SSSR count). The number of amides is 1. The van der Waals surface area contributed by atoms with E-state index in [9.17, 15) is 18.0 Å². The molecule has 0 aliphatic carbocycles. The average Bonchev–Trinajstić information content (AvgIpc) is 2.69. The van der Waals surface area contributed by atoms with Crippen LogP contribution >= 0.6 is 0 Å². The van der Waals surface area contributed by atoms with Gasteiger partial charge >= 0.3 is 6.09 Å². The minimum absolute atomic E-state index is 0.0472. The van der Waals surface area contributed by atoms with Gasteiger partial charge < -0.3 is 4.74 Å². The number of nitrogens with zero attached hydrogens (tertiary/aromatic N) is 1. The van der Waals surface area contributed by atoms with Gasteiger partial charge in [-0.25, -0.2) is 18.0 Å². The third kappa shape index (κ3) is 3.71. The van der Waals surface area contributed by atoms with Gasteiger partial charge in [0.2, 0.25) is 0 Å². The van der Waals surface area contributed by atoms with Gasteiger partial charge in [0.05, 0.1) is 12.2 Å². The Labute approximate surface area is 127 Å². The maximum atomic E-state index is 13.8. The fourth-order valence-corrected chi connectivity index (χ4v) is 2.29. The first-order valence-electron chi connectivity index (χ1n) is 7.04. The molecule has 1 atom stereocenters. The molecular weight excluding hydrogens is 297 g/mol. The van der Waals surface area contributed by atoms with E-state index in [4.69, 9.17) is 4.74 Å². The van der Waals surface area contributed by atoms with Crippen molar-refractivity contribution in [3.05, 3.63) is 29.6 Å². The molecule has 1 N–H and O–H groups in total. The quantitative estimate of drug-likeness (QED) is 0.929. The minimum atomic E-state index is -3.12. The summed E-state index contributed by atoms with van der Waals surface area (Å²) in [6.07, 6.45) is -2.62. The molecule has 1 aromatic carbocycles. The van der Waals surface area contributed by atoms with Crippen LogP contribution < -0.4 is 5.32 Å². The predicted molar refractivity (Wildman–Crippen MR) is 76.7 cm³/mol. The summed E-state index contributed by atoms with van der Waals surface area (Å²) in [5.74, 6) is -3.76. The highest BCUT2D eigenvalue weighted by Gasteiger charge is 2.51. The van der Waals surface area contributed by atoms with Crippen LogP contribution in [0, 0.1) is 12.7 Å². The number of carbonyl (C=O) groups excluding carboxylic acids is 1. The van der Waals surface area contributed by atoms with Crippen molar-refractivity contribution in [2.24, 2.45) is 0 Å². The van der Waals surface area contributed by atoms with Crippen LogP contribution in [0.3, 0.4) is 0 Å². The highest BCUT2D eigenvalue weighted by Crippen LogP contribution is 2.31. The zero-order valence-corrected chi connectivity index (χ0v) is 12.7. The molecule has 0 saturated carbocycles. The predicted octanol–water partition coefficient (Wildman–Crippen LogP) is 3.41. The first kappa shape index (κ1) is 16.6. The Kier molecular flexibility index (Phi) is 4.65. The van der Waals surface area contributed by atoms with E-state index in [1.807, 2.05) is 0 Å². The third-order valence-corrected chi connectivity index (χ3v) is 3.63. The molecule has 0 bridgehead atoms. The Hall–Kier alpha value is -1.76. The van der Waals surface area contributed by atoms with E-state index < -0.39 is 30.5 Å². The van der Waals surface area contributed by atoms with Crippen molar-refractivity contribution < 1.29 is 22.7 Å². The number of nitrogens with one attached hydrogen (secondary N) is 1. The molecule has 22 heavy (non-hydrogen) atoms. The number of hydrogen-bond acceptors (Lipinski definition) is 3. The van der Waals surface area contributed by atoms with Gasteiger partial charge in [-0.2, -0.15) is 0 Å². The van der Waals surface area contributed by atoms with E-state index in [0.717, 1.165) is 0 Å². The maximum absolute atomic E-state index is 13.8. The van der Waals surface area contributed by atoms with Crippen LogP contribution in [-0.2, 0) is 4.74 Å². The van der Waals surface area contributed by atoms with Gasteiger partial charge in [-0.3, -0.25) is 10.2 Å². The number of carbonyl (C=O) groups is 1. The number of aryl methyl sites for hydroxylation is 1. The fourth-order valence-electron chi connectivity index (χ4n) is 2.29. The summed E-state index contributed by atoms with van der Waals surface area (Å²) < 4.78 is 46.1. The molecule has 1 amide bonds. The van der Waals surface area contributed by atoms with Crippen LogP contribution in [0.15, 0.2) is 18.2 Å². The summed E-state index contributed by atoms with van der Waals surface area (Å²) in [6, 6.07) is 4.13. The number of likely N-dealkylation sites (tertiary alicyclic amines) is 1. The van der Waals surface area contributed by atoms with Crippen LogP contribution in [0.5, 0.6) is 0 Å². The average molecular weight is 316 g/mol. The lowest BCUT2D eigenvalue weighted by Crippen LogP contribution is -2.37. The van der Waals surface area contributed by atoms with Crippen LogP contribution in [0.4, 0.5) is 23.7 Å². The van der Waals surface area contributed by atoms with Crippen molar-refractivity contribution >= 4 is 11.8 Å². The minimum Gasteiger partial charge on any atom is -0.438 e. The number of ether oxygens (including phenoxy) is 1. The highest BCUT2D eigenvalue weighted by atomic mass is 19.3. The van der Waals surface area contributed by atoms with Gasteiger partial charge in [0, 0.05) is 12.6 Å². The van der Waals surface area contributed by atoms with E-state index in [-0.39, 0.29) is 18.3 Å². The molecule has 0 spiro atoms. The van der Waals surface area contributed by atoms with Crippen LogP contribution in [0.1, 0.15) is 19.4 Å². The van der Waals surface area contributed by atoms with Crippen LogP contribution in [0.2, 0.25) is 0 Å². The topological polar surface area (TPSA) is 41.6 Å². The van der Waals surface area contributed by atoms with E-state index in [2.05, 4.69) is 5.32 Å². The summed E-state index contributed by atoms with van der Waals surface area (Å²) in [5, 5.41) is 2.16. The van der Waals surface area contributed by atoms with Gasteiger partial charge in [0.15, 0.2) is 6.10 Å². The van der Waals surface area contributed by atoms with Crippen molar-refractivity contribution in [1.82, 2.24) is 4.90 Å². The molecule has 1 fully saturated rings.